The van der Waals surface area contributed by atoms with E-state index < -0.39 is 17.6 Å². The van der Waals surface area contributed by atoms with Crippen molar-refractivity contribution in [2.45, 2.75) is 26.4 Å². The third-order valence-corrected chi connectivity index (χ3v) is 3.77. The zero-order valence-corrected chi connectivity index (χ0v) is 15.7. The number of ether oxygens (including phenoxy) is 2. The molecule has 0 unspecified atom stereocenters. The first kappa shape index (κ1) is 18.6. The summed E-state index contributed by atoms with van der Waals surface area (Å²) in [6, 6.07) is 11.2. The minimum Gasteiger partial charge on any atom is -0.495 e. The van der Waals surface area contributed by atoms with Crippen molar-refractivity contribution in [3.8, 4) is 5.75 Å². The summed E-state index contributed by atoms with van der Waals surface area (Å²) in [5, 5.41) is 7.00. The van der Waals surface area contributed by atoms with Gasteiger partial charge in [-0.25, -0.2) is 4.79 Å². The number of anilines is 1. The molecule has 2 N–H and O–H groups in total. The minimum absolute atomic E-state index is 0.226. The van der Waals surface area contributed by atoms with Crippen LogP contribution in [0.4, 0.5) is 10.5 Å². The molecule has 7 heteroatoms. The second kappa shape index (κ2) is 7.19. The second-order valence-corrected chi connectivity index (χ2v) is 7.05. The van der Waals surface area contributed by atoms with Crippen molar-refractivity contribution >= 4 is 39.6 Å². The van der Waals surface area contributed by atoms with Crippen molar-refractivity contribution in [3.63, 3.8) is 0 Å². The van der Waals surface area contributed by atoms with E-state index in [9.17, 15) is 9.59 Å². The maximum atomic E-state index is 12.2. The number of para-hydroxylation sites is 1. The molecule has 1 aromatic heterocycles. The molecule has 142 valence electrons. The molecule has 2 aromatic carbocycles. The molecule has 0 atom stereocenters. The van der Waals surface area contributed by atoms with E-state index in [4.69, 9.17) is 13.9 Å². The predicted molar refractivity (Wildman–Crippen MR) is 103 cm³/mol. The van der Waals surface area contributed by atoms with Gasteiger partial charge in [0.25, 0.3) is 0 Å². The average molecular weight is 370 g/mol. The largest absolute Gasteiger partial charge is 0.495 e. The van der Waals surface area contributed by atoms with E-state index >= 15 is 0 Å². The molecule has 0 fully saturated rings. The monoisotopic (exact) mass is 370 g/mol. The predicted octanol–water partition coefficient (Wildman–Crippen LogP) is 4.06. The lowest BCUT2D eigenvalue weighted by Gasteiger charge is -2.19. The smallest absolute Gasteiger partial charge is 0.408 e. The van der Waals surface area contributed by atoms with E-state index in [1.807, 2.05) is 30.3 Å². The summed E-state index contributed by atoms with van der Waals surface area (Å²) in [5.41, 5.74) is 1.22. The standard InChI is InChI=1S/C20H22N2O5/c1-20(2,3)27-19(24)21-11-18(23)22-14-10-16-13(9-17(14)25-4)12-7-5-6-8-15(12)26-16/h5-10H,11H2,1-4H3,(H,21,24)(H,22,23). The second-order valence-electron chi connectivity index (χ2n) is 7.05. The zero-order valence-electron chi connectivity index (χ0n) is 15.7. The van der Waals surface area contributed by atoms with Crippen LogP contribution in [-0.2, 0) is 9.53 Å². The van der Waals surface area contributed by atoms with Gasteiger partial charge in [-0.15, -0.1) is 0 Å². The van der Waals surface area contributed by atoms with E-state index in [0.29, 0.717) is 17.0 Å². The Hall–Kier alpha value is -3.22. The molecule has 1 heterocycles. The molecule has 0 radical (unpaired) electrons. The van der Waals surface area contributed by atoms with Gasteiger partial charge in [-0.1, -0.05) is 18.2 Å². The number of carbonyl (C=O) groups is 2. The van der Waals surface area contributed by atoms with Crippen LogP contribution in [-0.4, -0.2) is 31.3 Å². The van der Waals surface area contributed by atoms with Crippen LogP contribution in [0.2, 0.25) is 0 Å². The van der Waals surface area contributed by atoms with Crippen LogP contribution in [0.1, 0.15) is 20.8 Å². The topological polar surface area (TPSA) is 89.8 Å². The number of alkyl carbamates (subject to hydrolysis) is 1. The third-order valence-electron chi connectivity index (χ3n) is 3.77. The number of carbonyl (C=O) groups excluding carboxylic acids is 2. The maximum Gasteiger partial charge on any atom is 0.408 e. The van der Waals surface area contributed by atoms with E-state index in [1.54, 1.807) is 26.8 Å². The molecule has 0 saturated heterocycles. The zero-order chi connectivity index (χ0) is 19.6. The number of methoxy groups -OCH3 is 1. The van der Waals surface area contributed by atoms with Crippen molar-refractivity contribution in [1.29, 1.82) is 0 Å². The summed E-state index contributed by atoms with van der Waals surface area (Å²) < 4.78 is 16.3. The molecule has 3 aromatic rings. The fourth-order valence-electron chi connectivity index (χ4n) is 2.68. The Kier molecular flexibility index (Phi) is 4.94. The molecule has 0 saturated carbocycles. The van der Waals surface area contributed by atoms with Crippen molar-refractivity contribution in [1.82, 2.24) is 5.32 Å². The Balaban J connectivity index is 1.76. The van der Waals surface area contributed by atoms with E-state index in [-0.39, 0.29) is 6.54 Å². The number of amides is 2. The van der Waals surface area contributed by atoms with E-state index in [2.05, 4.69) is 10.6 Å². The summed E-state index contributed by atoms with van der Waals surface area (Å²) in [5.74, 6) is 0.0919. The highest BCUT2D eigenvalue weighted by molar-refractivity contribution is 6.08. The molecular weight excluding hydrogens is 348 g/mol. The molecular formula is C20H22N2O5. The van der Waals surface area contributed by atoms with Gasteiger partial charge >= 0.3 is 6.09 Å². The van der Waals surface area contributed by atoms with Crippen LogP contribution in [0, 0.1) is 0 Å². The lowest BCUT2D eigenvalue weighted by Crippen LogP contribution is -2.37. The van der Waals surface area contributed by atoms with Crippen LogP contribution >= 0.6 is 0 Å². The van der Waals surface area contributed by atoms with Gasteiger partial charge in [-0.2, -0.15) is 0 Å². The fourth-order valence-corrected chi connectivity index (χ4v) is 2.68. The van der Waals surface area contributed by atoms with Gasteiger partial charge in [0.05, 0.1) is 12.8 Å². The van der Waals surface area contributed by atoms with Crippen molar-refractivity contribution in [3.05, 3.63) is 36.4 Å². The molecule has 0 spiro atoms. The summed E-state index contributed by atoms with van der Waals surface area (Å²) in [6.07, 6.45) is -0.655. The third kappa shape index (κ3) is 4.31. The fraction of sp³-hybridized carbons (Fsp3) is 0.300. The molecule has 0 aliphatic heterocycles. The lowest BCUT2D eigenvalue weighted by molar-refractivity contribution is -0.115. The maximum absolute atomic E-state index is 12.2. The van der Waals surface area contributed by atoms with Gasteiger partial charge < -0.3 is 24.5 Å². The molecule has 2 amide bonds. The molecule has 3 rings (SSSR count). The van der Waals surface area contributed by atoms with Crippen LogP contribution in [0.15, 0.2) is 40.8 Å². The average Bonchev–Trinajstić information content (AvgIpc) is 2.95. The Labute approximate surface area is 156 Å². The van der Waals surface area contributed by atoms with Crippen molar-refractivity contribution in [2.75, 3.05) is 19.0 Å². The summed E-state index contributed by atoms with van der Waals surface area (Å²) in [6.45, 7) is 5.02. The van der Waals surface area contributed by atoms with Gasteiger partial charge in [-0.3, -0.25) is 4.79 Å². The Morgan fingerprint density at radius 2 is 1.81 bits per heavy atom. The van der Waals surface area contributed by atoms with Crippen molar-refractivity contribution in [2.24, 2.45) is 0 Å². The molecule has 0 aliphatic rings. The molecule has 0 bridgehead atoms. The lowest BCUT2D eigenvalue weighted by atomic mass is 10.1. The first-order chi connectivity index (χ1) is 12.8. The first-order valence-electron chi connectivity index (χ1n) is 8.53. The van der Waals surface area contributed by atoms with Gasteiger partial charge in [0.1, 0.15) is 29.1 Å². The highest BCUT2D eigenvalue weighted by Crippen LogP contribution is 2.36. The van der Waals surface area contributed by atoms with E-state index in [0.717, 1.165) is 16.4 Å². The number of furan rings is 1. The Morgan fingerprint density at radius 1 is 1.07 bits per heavy atom. The Bertz CT molecular complexity index is 1000. The number of hydrogen-bond acceptors (Lipinski definition) is 5. The van der Waals surface area contributed by atoms with Crippen molar-refractivity contribution < 1.29 is 23.5 Å². The van der Waals surface area contributed by atoms with E-state index in [1.165, 1.54) is 7.11 Å². The van der Waals surface area contributed by atoms with Crippen LogP contribution in [0.5, 0.6) is 5.75 Å². The highest BCUT2D eigenvalue weighted by Gasteiger charge is 2.18. The first-order valence-corrected chi connectivity index (χ1v) is 8.53. The molecule has 27 heavy (non-hydrogen) atoms. The summed E-state index contributed by atoms with van der Waals surface area (Å²) in [7, 11) is 1.53. The molecule has 0 aliphatic carbocycles. The summed E-state index contributed by atoms with van der Waals surface area (Å²) >= 11 is 0. The minimum atomic E-state index is -0.655. The number of benzene rings is 2. The van der Waals surface area contributed by atoms with Gasteiger partial charge in [0.2, 0.25) is 5.91 Å². The SMILES string of the molecule is COc1cc2c(cc1NC(=O)CNC(=O)OC(C)(C)C)oc1ccccc12. The van der Waals surface area contributed by atoms with Gasteiger partial charge in [0, 0.05) is 16.8 Å². The molecule has 7 nitrogen and oxygen atoms in total. The quantitative estimate of drug-likeness (QED) is 0.723. The van der Waals surface area contributed by atoms with Crippen LogP contribution in [0.25, 0.3) is 21.9 Å². The van der Waals surface area contributed by atoms with Gasteiger partial charge in [0.15, 0.2) is 0 Å². The van der Waals surface area contributed by atoms with Gasteiger partial charge in [-0.05, 0) is 32.9 Å². The highest BCUT2D eigenvalue weighted by atomic mass is 16.6. The number of rotatable bonds is 4. The van der Waals surface area contributed by atoms with Crippen LogP contribution in [0.3, 0.4) is 0 Å². The normalized spacial score (nSPS) is 11.4. The van der Waals surface area contributed by atoms with Crippen LogP contribution < -0.4 is 15.4 Å². The number of hydrogen-bond donors (Lipinski definition) is 2. The number of fused-ring (bicyclic) bond motifs is 3. The summed E-state index contributed by atoms with van der Waals surface area (Å²) in [4.78, 5) is 23.9. The number of nitrogens with one attached hydrogen (secondary N) is 2. The Morgan fingerprint density at radius 3 is 2.52 bits per heavy atom.